The van der Waals surface area contributed by atoms with Crippen LogP contribution in [0.15, 0.2) is 24.5 Å². The highest BCUT2D eigenvalue weighted by Crippen LogP contribution is 2.08. The number of unbranched alkanes of at least 4 members (excludes halogenated alkanes) is 7. The van der Waals surface area contributed by atoms with Gasteiger partial charge in [0.05, 0.1) is 0 Å². The average Bonchev–Trinajstić information content (AvgIpc) is 2.50. The van der Waals surface area contributed by atoms with Crippen molar-refractivity contribution in [3.05, 3.63) is 30.1 Å². The fourth-order valence-corrected chi connectivity index (χ4v) is 2.30. The van der Waals surface area contributed by atoms with E-state index in [1.165, 1.54) is 63.5 Å². The van der Waals surface area contributed by atoms with Gasteiger partial charge in [-0.2, -0.15) is 0 Å². The van der Waals surface area contributed by atoms with E-state index in [4.69, 9.17) is 9.90 Å². The Hall–Kier alpha value is -1.38. The average molecular weight is 307 g/mol. The minimum atomic E-state index is -1.08. The molecule has 0 bridgehead atoms. The quantitative estimate of drug-likeness (QED) is 0.491. The van der Waals surface area contributed by atoms with Gasteiger partial charge in [-0.25, -0.2) is 4.57 Å². The smallest absolute Gasteiger partial charge is 0.169 e. The van der Waals surface area contributed by atoms with Gasteiger partial charge in [0.2, 0.25) is 0 Å². The fourth-order valence-electron chi connectivity index (χ4n) is 2.30. The van der Waals surface area contributed by atoms with Crippen LogP contribution in [0.1, 0.15) is 77.7 Å². The monoisotopic (exact) mass is 307 g/mol. The molecule has 0 fully saturated rings. The molecule has 3 heteroatoms. The summed E-state index contributed by atoms with van der Waals surface area (Å²) >= 11 is 0. The summed E-state index contributed by atoms with van der Waals surface area (Å²) in [5.74, 6) is -1.08. The summed E-state index contributed by atoms with van der Waals surface area (Å²) in [5, 5.41) is 8.89. The third-order valence-electron chi connectivity index (χ3n) is 3.64. The topological polar surface area (TPSA) is 44.0 Å². The predicted molar refractivity (Wildman–Crippen MR) is 89.3 cm³/mol. The van der Waals surface area contributed by atoms with Crippen molar-refractivity contribution in [2.45, 2.75) is 85.1 Å². The number of aromatic nitrogens is 1. The maximum Gasteiger partial charge on any atom is 0.169 e. The van der Waals surface area contributed by atoms with Crippen LogP contribution in [0.4, 0.5) is 0 Å². The molecule has 1 aromatic rings. The zero-order valence-corrected chi connectivity index (χ0v) is 14.6. The van der Waals surface area contributed by atoms with E-state index in [0.29, 0.717) is 0 Å². The number of carbonyl (C=O) groups excluding carboxylic acids is 1. The lowest BCUT2D eigenvalue weighted by Gasteiger charge is -2.00. The highest BCUT2D eigenvalue weighted by molar-refractivity contribution is 5.60. The van der Waals surface area contributed by atoms with Crippen molar-refractivity contribution in [1.82, 2.24) is 0 Å². The first-order valence-corrected chi connectivity index (χ1v) is 8.75. The van der Waals surface area contributed by atoms with E-state index in [2.05, 4.69) is 42.9 Å². The molecule has 0 saturated heterocycles. The van der Waals surface area contributed by atoms with Gasteiger partial charge < -0.3 is 9.90 Å². The minimum Gasteiger partial charge on any atom is -0.550 e. The van der Waals surface area contributed by atoms with E-state index in [1.54, 1.807) is 0 Å². The first kappa shape index (κ1) is 20.6. The Morgan fingerprint density at radius 1 is 0.955 bits per heavy atom. The van der Waals surface area contributed by atoms with E-state index in [-0.39, 0.29) is 0 Å². The third kappa shape index (κ3) is 13.6. The maximum absolute atomic E-state index is 8.89. The van der Waals surface area contributed by atoms with Gasteiger partial charge in [-0.15, -0.1) is 0 Å². The first-order chi connectivity index (χ1) is 10.6. The number of rotatable bonds is 10. The highest BCUT2D eigenvalue weighted by Gasteiger charge is 1.99. The molecule has 0 amide bonds. The van der Waals surface area contributed by atoms with E-state index < -0.39 is 5.97 Å². The summed E-state index contributed by atoms with van der Waals surface area (Å²) in [6, 6.07) is 4.48. The highest BCUT2D eigenvalue weighted by atomic mass is 16.4. The molecule has 0 aliphatic carbocycles. The number of nitrogens with zero attached hydrogens (tertiary/aromatic N) is 1. The number of aryl methyl sites for hydroxylation is 2. The lowest BCUT2D eigenvalue weighted by Crippen LogP contribution is -2.32. The van der Waals surface area contributed by atoms with Crippen LogP contribution in [-0.4, -0.2) is 5.97 Å². The van der Waals surface area contributed by atoms with Gasteiger partial charge in [-0.1, -0.05) is 52.4 Å². The molecule has 0 atom stereocenters. The van der Waals surface area contributed by atoms with Crippen LogP contribution < -0.4 is 9.67 Å². The lowest BCUT2D eigenvalue weighted by atomic mass is 10.1. The molecule has 0 aliphatic heterocycles. The fraction of sp³-hybridized carbons (Fsp3) is 0.684. The Labute approximate surface area is 136 Å². The zero-order valence-electron chi connectivity index (χ0n) is 14.6. The first-order valence-electron chi connectivity index (χ1n) is 8.75. The number of carboxylic acids is 1. The van der Waals surface area contributed by atoms with Crippen molar-refractivity contribution < 1.29 is 14.5 Å². The summed E-state index contributed by atoms with van der Waals surface area (Å²) in [6.45, 7) is 6.64. The zero-order chi connectivity index (χ0) is 16.6. The van der Waals surface area contributed by atoms with Crippen molar-refractivity contribution in [1.29, 1.82) is 0 Å². The second kappa shape index (κ2) is 14.6. The van der Waals surface area contributed by atoms with Crippen LogP contribution in [-0.2, 0) is 17.8 Å². The molecule has 1 heterocycles. The number of hydrogen-bond acceptors (Lipinski definition) is 2. The number of aliphatic carboxylic acids is 1. The van der Waals surface area contributed by atoms with E-state index in [0.717, 1.165) is 13.3 Å². The third-order valence-corrected chi connectivity index (χ3v) is 3.64. The van der Waals surface area contributed by atoms with Crippen molar-refractivity contribution in [3.8, 4) is 0 Å². The van der Waals surface area contributed by atoms with Crippen molar-refractivity contribution in [3.63, 3.8) is 0 Å². The molecule has 0 N–H and O–H groups in total. The second-order valence-corrected chi connectivity index (χ2v) is 5.76. The van der Waals surface area contributed by atoms with E-state index in [9.17, 15) is 0 Å². The molecule has 22 heavy (non-hydrogen) atoms. The van der Waals surface area contributed by atoms with E-state index in [1.807, 2.05) is 0 Å². The molecule has 126 valence electrons. The van der Waals surface area contributed by atoms with Gasteiger partial charge in [0.25, 0.3) is 0 Å². The number of hydrogen-bond donors (Lipinski definition) is 0. The molecule has 0 spiro atoms. The Bertz CT molecular complexity index is 370. The lowest BCUT2D eigenvalue weighted by molar-refractivity contribution is -0.697. The van der Waals surface area contributed by atoms with Gasteiger partial charge in [0.1, 0.15) is 6.54 Å². The van der Waals surface area contributed by atoms with Crippen molar-refractivity contribution >= 4 is 5.97 Å². The number of pyridine rings is 1. The number of carbonyl (C=O) groups is 1. The van der Waals surface area contributed by atoms with Crippen LogP contribution in [0, 0.1) is 0 Å². The largest absolute Gasteiger partial charge is 0.550 e. The Kier molecular flexibility index (Phi) is 13.6. The molecular weight excluding hydrogens is 274 g/mol. The normalized spacial score (nSPS) is 9.95. The van der Waals surface area contributed by atoms with Crippen LogP contribution in [0.3, 0.4) is 0 Å². The van der Waals surface area contributed by atoms with Gasteiger partial charge in [-0.05, 0) is 25.3 Å². The Morgan fingerprint density at radius 3 is 1.86 bits per heavy atom. The minimum absolute atomic E-state index is 0.972. The molecule has 1 rings (SSSR count). The summed E-state index contributed by atoms with van der Waals surface area (Å²) in [5.41, 5.74) is 1.43. The van der Waals surface area contributed by atoms with Crippen molar-refractivity contribution in [2.75, 3.05) is 0 Å². The van der Waals surface area contributed by atoms with Gasteiger partial charge >= 0.3 is 0 Å². The molecule has 0 saturated carbocycles. The van der Waals surface area contributed by atoms with Crippen LogP contribution in [0.2, 0.25) is 0 Å². The molecular formula is C19H33NO2. The molecule has 0 radical (unpaired) electrons. The predicted octanol–water partition coefficient (Wildman–Crippen LogP) is 3.43. The molecule has 0 aliphatic rings. The molecule has 1 aromatic heterocycles. The summed E-state index contributed by atoms with van der Waals surface area (Å²) in [7, 11) is 0. The van der Waals surface area contributed by atoms with Crippen LogP contribution in [0.5, 0.6) is 0 Å². The van der Waals surface area contributed by atoms with Gasteiger partial charge in [0.15, 0.2) is 12.4 Å². The summed E-state index contributed by atoms with van der Waals surface area (Å²) in [4.78, 5) is 8.89. The molecule has 3 nitrogen and oxygen atoms in total. The summed E-state index contributed by atoms with van der Waals surface area (Å²) in [6.07, 6.45) is 16.8. The Balaban J connectivity index is 0.000000980. The second-order valence-electron chi connectivity index (χ2n) is 5.76. The van der Waals surface area contributed by atoms with Crippen LogP contribution in [0.25, 0.3) is 0 Å². The van der Waals surface area contributed by atoms with E-state index >= 15 is 0 Å². The standard InChI is InChI=1S/C17H30N.C2H4O2/c1-3-5-6-7-8-9-10-11-14-18-15-12-17(4-2)13-16-18;1-2(3)4/h12-13,15-16H,3-11,14H2,1-2H3;1H3,(H,3,4)/q+1;/p-1. The molecule has 0 aromatic carbocycles. The number of carboxylic acid groups (broad SMARTS) is 1. The molecule has 0 unspecified atom stereocenters. The summed E-state index contributed by atoms with van der Waals surface area (Å²) < 4.78 is 2.32. The maximum atomic E-state index is 8.89. The van der Waals surface area contributed by atoms with Crippen molar-refractivity contribution in [2.24, 2.45) is 0 Å². The van der Waals surface area contributed by atoms with Gasteiger partial charge in [-0.3, -0.25) is 0 Å². The SMILES string of the molecule is CC(=O)[O-].CCCCCCCCCC[n+]1ccc(CC)cc1. The van der Waals surface area contributed by atoms with Crippen LogP contribution >= 0.6 is 0 Å². The van der Waals surface area contributed by atoms with Gasteiger partial charge in [0, 0.05) is 24.5 Å². The Morgan fingerprint density at radius 2 is 1.41 bits per heavy atom.